The van der Waals surface area contributed by atoms with Gasteiger partial charge in [0, 0.05) is 0 Å². The minimum atomic E-state index is 0.175. The third-order valence-corrected chi connectivity index (χ3v) is 3.61. The smallest absolute Gasteiger partial charge is 0.127 e. The summed E-state index contributed by atoms with van der Waals surface area (Å²) in [5, 5.41) is 3.21. The van der Waals surface area contributed by atoms with Crippen LogP contribution in [0.3, 0.4) is 0 Å². The van der Waals surface area contributed by atoms with E-state index in [0.717, 1.165) is 24.5 Å². The molecule has 0 heterocycles. The third kappa shape index (κ3) is 3.84. The average molecular weight is 269 g/mol. The van der Waals surface area contributed by atoms with Crippen LogP contribution in [0.5, 0.6) is 11.5 Å². The number of hydrogen-bond donors (Lipinski definition) is 1. The first-order chi connectivity index (χ1) is 9.62. The molecule has 0 unspecified atom stereocenters. The van der Waals surface area contributed by atoms with Gasteiger partial charge >= 0.3 is 0 Å². The van der Waals surface area contributed by atoms with Crippen molar-refractivity contribution in [2.45, 2.75) is 25.7 Å². The highest BCUT2D eigenvalue weighted by Gasteiger charge is 2.19. The molecule has 2 aromatic rings. The molecule has 0 aliphatic heterocycles. The van der Waals surface area contributed by atoms with Gasteiger partial charge in [0.15, 0.2) is 0 Å². The van der Waals surface area contributed by atoms with E-state index in [1.54, 1.807) is 0 Å². The molecule has 0 saturated heterocycles. The van der Waals surface area contributed by atoms with Gasteiger partial charge in [0.25, 0.3) is 0 Å². The van der Waals surface area contributed by atoms with Crippen LogP contribution in [0.25, 0.3) is 0 Å². The van der Waals surface area contributed by atoms with E-state index in [9.17, 15) is 0 Å². The number of nitrogens with one attached hydrogen (secondary N) is 1. The molecule has 0 aromatic heterocycles. The second kappa shape index (κ2) is 6.58. The first kappa shape index (κ1) is 14.6. The van der Waals surface area contributed by atoms with Crippen molar-refractivity contribution in [1.82, 2.24) is 5.32 Å². The molecule has 0 aliphatic carbocycles. The Morgan fingerprint density at radius 2 is 1.50 bits per heavy atom. The number of rotatable bonds is 6. The molecule has 0 fully saturated rings. The van der Waals surface area contributed by atoms with E-state index in [0.29, 0.717) is 0 Å². The van der Waals surface area contributed by atoms with Crippen LogP contribution in [0.4, 0.5) is 0 Å². The number of hydrogen-bond acceptors (Lipinski definition) is 2. The molecule has 0 aliphatic rings. The molecule has 2 aromatic carbocycles. The standard InChI is InChI=1S/C18H23NO/c1-18(2,13-14-19-3)15-9-11-17(12-10-15)20-16-7-5-4-6-8-16/h4-12,19H,13-14H2,1-3H3. The maximum absolute atomic E-state index is 5.81. The lowest BCUT2D eigenvalue weighted by Crippen LogP contribution is -2.23. The lowest BCUT2D eigenvalue weighted by Gasteiger charge is -2.25. The van der Waals surface area contributed by atoms with Gasteiger partial charge in [-0.2, -0.15) is 0 Å². The maximum atomic E-state index is 5.81. The fourth-order valence-corrected chi connectivity index (χ4v) is 2.18. The van der Waals surface area contributed by atoms with Gasteiger partial charge in [-0.1, -0.05) is 44.2 Å². The van der Waals surface area contributed by atoms with Crippen LogP contribution < -0.4 is 10.1 Å². The summed E-state index contributed by atoms with van der Waals surface area (Å²) in [5.41, 5.74) is 1.52. The lowest BCUT2D eigenvalue weighted by molar-refractivity contribution is 0.463. The first-order valence-electron chi connectivity index (χ1n) is 7.10. The summed E-state index contributed by atoms with van der Waals surface area (Å²) >= 11 is 0. The molecule has 0 radical (unpaired) electrons. The molecular weight excluding hydrogens is 246 g/mol. The van der Waals surface area contributed by atoms with Crippen molar-refractivity contribution in [3.8, 4) is 11.5 Å². The molecule has 2 nitrogen and oxygen atoms in total. The summed E-state index contributed by atoms with van der Waals surface area (Å²) < 4.78 is 5.81. The van der Waals surface area contributed by atoms with Crippen LogP contribution >= 0.6 is 0 Å². The van der Waals surface area contributed by atoms with Crippen molar-refractivity contribution in [3.63, 3.8) is 0 Å². The molecule has 0 atom stereocenters. The second-order valence-corrected chi connectivity index (χ2v) is 5.68. The van der Waals surface area contributed by atoms with Gasteiger partial charge in [-0.25, -0.2) is 0 Å². The summed E-state index contributed by atoms with van der Waals surface area (Å²) in [6.07, 6.45) is 1.11. The molecule has 1 N–H and O–H groups in total. The quantitative estimate of drug-likeness (QED) is 0.841. The maximum Gasteiger partial charge on any atom is 0.127 e. The molecule has 0 saturated carbocycles. The lowest BCUT2D eigenvalue weighted by atomic mass is 9.81. The SMILES string of the molecule is CNCCC(C)(C)c1ccc(Oc2ccccc2)cc1. The van der Waals surface area contributed by atoms with Gasteiger partial charge < -0.3 is 10.1 Å². The topological polar surface area (TPSA) is 21.3 Å². The van der Waals surface area contributed by atoms with Crippen LogP contribution in [0.2, 0.25) is 0 Å². The zero-order valence-electron chi connectivity index (χ0n) is 12.5. The highest BCUT2D eigenvalue weighted by molar-refractivity contribution is 5.35. The summed E-state index contributed by atoms with van der Waals surface area (Å²) in [6.45, 7) is 5.57. The van der Waals surface area contributed by atoms with Gasteiger partial charge in [0.1, 0.15) is 11.5 Å². The van der Waals surface area contributed by atoms with Gasteiger partial charge in [-0.05, 0) is 55.3 Å². The zero-order chi connectivity index (χ0) is 14.4. The van der Waals surface area contributed by atoms with E-state index in [4.69, 9.17) is 4.74 Å². The van der Waals surface area contributed by atoms with Gasteiger partial charge in [-0.3, -0.25) is 0 Å². The molecular formula is C18H23NO. The summed E-state index contributed by atoms with van der Waals surface area (Å²) in [5.74, 6) is 1.75. The Labute approximate surface area is 121 Å². The highest BCUT2D eigenvalue weighted by Crippen LogP contribution is 2.29. The van der Waals surface area contributed by atoms with Crippen molar-refractivity contribution in [1.29, 1.82) is 0 Å². The summed E-state index contributed by atoms with van der Waals surface area (Å²) in [4.78, 5) is 0. The van der Waals surface area contributed by atoms with E-state index >= 15 is 0 Å². The molecule has 0 bridgehead atoms. The predicted molar refractivity (Wildman–Crippen MR) is 84.5 cm³/mol. The van der Waals surface area contributed by atoms with Crippen LogP contribution in [0.1, 0.15) is 25.8 Å². The van der Waals surface area contributed by atoms with Crippen molar-refractivity contribution in [2.75, 3.05) is 13.6 Å². The van der Waals surface area contributed by atoms with Gasteiger partial charge in [0.2, 0.25) is 0 Å². The molecule has 106 valence electrons. The van der Waals surface area contributed by atoms with Gasteiger partial charge in [-0.15, -0.1) is 0 Å². The summed E-state index contributed by atoms with van der Waals surface area (Å²) in [7, 11) is 1.99. The Morgan fingerprint density at radius 1 is 0.900 bits per heavy atom. The predicted octanol–water partition coefficient (Wildman–Crippen LogP) is 4.37. The Hall–Kier alpha value is -1.80. The largest absolute Gasteiger partial charge is 0.457 e. The third-order valence-electron chi connectivity index (χ3n) is 3.61. The zero-order valence-corrected chi connectivity index (χ0v) is 12.5. The number of benzene rings is 2. The van der Waals surface area contributed by atoms with E-state index < -0.39 is 0 Å². The molecule has 0 amide bonds. The van der Waals surface area contributed by atoms with E-state index in [-0.39, 0.29) is 5.41 Å². The normalized spacial score (nSPS) is 11.3. The minimum absolute atomic E-state index is 0.175. The highest BCUT2D eigenvalue weighted by atomic mass is 16.5. The number of para-hydroxylation sites is 1. The summed E-state index contributed by atoms with van der Waals surface area (Å²) in [6, 6.07) is 18.3. The fraction of sp³-hybridized carbons (Fsp3) is 0.333. The molecule has 20 heavy (non-hydrogen) atoms. The average Bonchev–Trinajstić information content (AvgIpc) is 2.47. The molecule has 0 spiro atoms. The van der Waals surface area contributed by atoms with Crippen molar-refractivity contribution in [2.24, 2.45) is 0 Å². The Kier molecular flexibility index (Phi) is 4.80. The second-order valence-electron chi connectivity index (χ2n) is 5.68. The van der Waals surface area contributed by atoms with E-state index in [1.165, 1.54) is 5.56 Å². The van der Waals surface area contributed by atoms with Crippen molar-refractivity contribution < 1.29 is 4.74 Å². The van der Waals surface area contributed by atoms with Crippen LogP contribution in [-0.2, 0) is 5.41 Å². The minimum Gasteiger partial charge on any atom is -0.457 e. The fourth-order valence-electron chi connectivity index (χ4n) is 2.18. The van der Waals surface area contributed by atoms with E-state index in [2.05, 4.69) is 31.3 Å². The molecule has 2 rings (SSSR count). The van der Waals surface area contributed by atoms with Crippen molar-refractivity contribution >= 4 is 0 Å². The van der Waals surface area contributed by atoms with Crippen LogP contribution in [-0.4, -0.2) is 13.6 Å². The van der Waals surface area contributed by atoms with Crippen LogP contribution in [0, 0.1) is 0 Å². The Balaban J connectivity index is 2.06. The first-order valence-corrected chi connectivity index (χ1v) is 7.10. The monoisotopic (exact) mass is 269 g/mol. The molecule has 2 heteroatoms. The van der Waals surface area contributed by atoms with Crippen LogP contribution in [0.15, 0.2) is 54.6 Å². The van der Waals surface area contributed by atoms with Gasteiger partial charge in [0.05, 0.1) is 0 Å². The Bertz CT molecular complexity index is 517. The Morgan fingerprint density at radius 3 is 2.10 bits per heavy atom. The van der Waals surface area contributed by atoms with Crippen molar-refractivity contribution in [3.05, 3.63) is 60.2 Å². The van der Waals surface area contributed by atoms with E-state index in [1.807, 2.05) is 49.5 Å². The number of ether oxygens (including phenoxy) is 1.